The number of aromatic nitrogens is 1. The topological polar surface area (TPSA) is 42.0 Å². The number of nitrogens with zero attached hydrogens (tertiary/aromatic N) is 1. The summed E-state index contributed by atoms with van der Waals surface area (Å²) in [6.07, 6.45) is 4.35. The Kier molecular flexibility index (Phi) is 3.98. The molecule has 4 heteroatoms. The predicted molar refractivity (Wildman–Crippen MR) is 99.9 cm³/mol. The van der Waals surface area contributed by atoms with Gasteiger partial charge in [0.2, 0.25) is 0 Å². The van der Waals surface area contributed by atoms with Crippen molar-refractivity contribution >= 4 is 34.3 Å². The lowest BCUT2D eigenvalue weighted by atomic mass is 10.1. The van der Waals surface area contributed by atoms with Crippen LogP contribution in [0.5, 0.6) is 0 Å². The number of anilines is 1. The van der Waals surface area contributed by atoms with Gasteiger partial charge in [0.1, 0.15) is 0 Å². The Morgan fingerprint density at radius 1 is 1.12 bits per heavy atom. The van der Waals surface area contributed by atoms with Gasteiger partial charge in [0.15, 0.2) is 0 Å². The maximum atomic E-state index is 12.9. The normalized spacial score (nSPS) is 13.9. The Morgan fingerprint density at radius 3 is 2.67 bits per heavy atom. The lowest BCUT2D eigenvalue weighted by Gasteiger charge is -2.12. The summed E-state index contributed by atoms with van der Waals surface area (Å²) in [7, 11) is 0. The Balaban J connectivity index is 1.76. The molecule has 1 saturated carbocycles. The monoisotopic (exact) mass is 334 g/mol. The summed E-state index contributed by atoms with van der Waals surface area (Å²) in [5, 5.41) is 3.97. The Labute approximate surface area is 145 Å². The first kappa shape index (κ1) is 15.2. The lowest BCUT2D eigenvalue weighted by molar-refractivity contribution is 0.102. The van der Waals surface area contributed by atoms with E-state index in [9.17, 15) is 4.79 Å². The van der Waals surface area contributed by atoms with Crippen molar-refractivity contribution in [2.75, 3.05) is 11.6 Å². The second kappa shape index (κ2) is 6.29. The maximum absolute atomic E-state index is 12.9. The lowest BCUT2D eigenvalue weighted by Crippen LogP contribution is -2.14. The molecule has 0 saturated heterocycles. The van der Waals surface area contributed by atoms with E-state index >= 15 is 0 Å². The zero-order chi connectivity index (χ0) is 16.5. The largest absolute Gasteiger partial charge is 0.321 e. The highest BCUT2D eigenvalue weighted by Gasteiger charge is 2.27. The summed E-state index contributed by atoms with van der Waals surface area (Å²) in [5.41, 5.74) is 3.49. The van der Waals surface area contributed by atoms with E-state index in [1.165, 1.54) is 12.8 Å². The minimum absolute atomic E-state index is 0.0722. The van der Waals surface area contributed by atoms with Gasteiger partial charge < -0.3 is 5.32 Å². The number of hydrogen-bond acceptors (Lipinski definition) is 3. The number of benzene rings is 2. The first-order valence-corrected chi connectivity index (χ1v) is 9.33. The van der Waals surface area contributed by atoms with Crippen molar-refractivity contribution in [3.63, 3.8) is 0 Å². The van der Waals surface area contributed by atoms with Crippen LogP contribution in [0.1, 0.15) is 34.8 Å². The highest BCUT2D eigenvalue weighted by atomic mass is 32.2. The van der Waals surface area contributed by atoms with Crippen LogP contribution in [0, 0.1) is 0 Å². The van der Waals surface area contributed by atoms with Crippen LogP contribution in [-0.2, 0) is 0 Å². The number of amides is 1. The number of hydrogen-bond donors (Lipinski definition) is 1. The summed E-state index contributed by atoms with van der Waals surface area (Å²) >= 11 is 1.63. The van der Waals surface area contributed by atoms with Gasteiger partial charge >= 0.3 is 0 Å². The molecule has 0 atom stereocenters. The van der Waals surface area contributed by atoms with E-state index in [2.05, 4.69) is 5.32 Å². The molecule has 120 valence electrons. The average Bonchev–Trinajstić information content (AvgIpc) is 3.46. The number of carbonyl (C=O) groups excluding carboxylic acids is 1. The van der Waals surface area contributed by atoms with Crippen molar-refractivity contribution in [2.24, 2.45) is 0 Å². The molecule has 3 nitrogen and oxygen atoms in total. The second-order valence-electron chi connectivity index (χ2n) is 6.04. The molecular formula is C20H18N2OS. The molecule has 1 N–H and O–H groups in total. The van der Waals surface area contributed by atoms with Crippen LogP contribution < -0.4 is 5.32 Å². The van der Waals surface area contributed by atoms with Crippen LogP contribution in [0.3, 0.4) is 0 Å². The standard InChI is InChI=1S/C20H18N2OS/c1-24-19-9-5-4-8-17(19)22-20(23)15-12-18(13-10-11-13)21-16-7-3-2-6-14(15)16/h2-9,12-13H,10-11H2,1H3,(H,22,23). The second-order valence-corrected chi connectivity index (χ2v) is 6.89. The Hall–Kier alpha value is -2.33. The number of fused-ring (bicyclic) bond motifs is 1. The van der Waals surface area contributed by atoms with Crippen LogP contribution in [0.15, 0.2) is 59.5 Å². The number of para-hydroxylation sites is 2. The zero-order valence-electron chi connectivity index (χ0n) is 13.5. The van der Waals surface area contributed by atoms with Crippen LogP contribution in [0.25, 0.3) is 10.9 Å². The fourth-order valence-electron chi connectivity index (χ4n) is 2.91. The van der Waals surface area contributed by atoms with Gasteiger partial charge in [0.25, 0.3) is 5.91 Å². The van der Waals surface area contributed by atoms with Gasteiger partial charge in [0.05, 0.1) is 16.8 Å². The van der Waals surface area contributed by atoms with Crippen molar-refractivity contribution in [3.05, 3.63) is 65.9 Å². The van der Waals surface area contributed by atoms with Crippen molar-refractivity contribution in [3.8, 4) is 0 Å². The molecule has 1 aliphatic rings. The summed E-state index contributed by atoms with van der Waals surface area (Å²) in [4.78, 5) is 18.7. The third kappa shape index (κ3) is 2.89. The maximum Gasteiger partial charge on any atom is 0.256 e. The molecule has 24 heavy (non-hydrogen) atoms. The molecule has 0 radical (unpaired) electrons. The molecule has 1 heterocycles. The van der Waals surface area contributed by atoms with E-state index in [4.69, 9.17) is 4.98 Å². The summed E-state index contributed by atoms with van der Waals surface area (Å²) < 4.78 is 0. The zero-order valence-corrected chi connectivity index (χ0v) is 14.3. The molecule has 3 aromatic rings. The first-order chi connectivity index (χ1) is 11.8. The fraction of sp³-hybridized carbons (Fsp3) is 0.200. The molecule has 4 rings (SSSR count). The van der Waals surface area contributed by atoms with Gasteiger partial charge in [-0.2, -0.15) is 0 Å². The number of thioether (sulfide) groups is 1. The molecule has 0 bridgehead atoms. The highest BCUT2D eigenvalue weighted by molar-refractivity contribution is 7.98. The predicted octanol–water partition coefficient (Wildman–Crippen LogP) is 5.09. The molecule has 0 unspecified atom stereocenters. The minimum atomic E-state index is -0.0722. The number of pyridine rings is 1. The quantitative estimate of drug-likeness (QED) is 0.676. The van der Waals surface area contributed by atoms with Gasteiger partial charge in [-0.25, -0.2) is 0 Å². The Bertz CT molecular complexity index is 918. The van der Waals surface area contributed by atoms with Crippen molar-refractivity contribution in [1.82, 2.24) is 4.98 Å². The van der Waals surface area contributed by atoms with Crippen LogP contribution in [-0.4, -0.2) is 17.1 Å². The number of rotatable bonds is 4. The molecular weight excluding hydrogens is 316 g/mol. The number of carbonyl (C=O) groups is 1. The summed E-state index contributed by atoms with van der Waals surface area (Å²) in [6, 6.07) is 17.7. The van der Waals surface area contributed by atoms with E-state index in [-0.39, 0.29) is 5.91 Å². The van der Waals surface area contributed by atoms with E-state index in [0.29, 0.717) is 11.5 Å². The smallest absolute Gasteiger partial charge is 0.256 e. The average molecular weight is 334 g/mol. The number of nitrogens with one attached hydrogen (secondary N) is 1. The van der Waals surface area contributed by atoms with Gasteiger partial charge in [-0.05, 0) is 43.4 Å². The van der Waals surface area contributed by atoms with Crippen molar-refractivity contribution in [2.45, 2.75) is 23.7 Å². The first-order valence-electron chi connectivity index (χ1n) is 8.10. The van der Waals surface area contributed by atoms with Crippen LogP contribution in [0.4, 0.5) is 5.69 Å². The summed E-state index contributed by atoms with van der Waals surface area (Å²) in [5.74, 6) is 0.441. The fourth-order valence-corrected chi connectivity index (χ4v) is 3.46. The molecule has 0 spiro atoms. The minimum Gasteiger partial charge on any atom is -0.321 e. The van der Waals surface area contributed by atoms with E-state index in [1.807, 2.05) is 60.9 Å². The van der Waals surface area contributed by atoms with Crippen molar-refractivity contribution in [1.29, 1.82) is 0 Å². The van der Waals surface area contributed by atoms with E-state index in [0.717, 1.165) is 27.2 Å². The molecule has 1 aromatic heterocycles. The van der Waals surface area contributed by atoms with E-state index < -0.39 is 0 Å². The molecule has 1 amide bonds. The Morgan fingerprint density at radius 2 is 1.88 bits per heavy atom. The van der Waals surface area contributed by atoms with Crippen LogP contribution in [0.2, 0.25) is 0 Å². The van der Waals surface area contributed by atoms with Gasteiger partial charge in [-0.3, -0.25) is 9.78 Å². The van der Waals surface area contributed by atoms with Gasteiger partial charge in [-0.1, -0.05) is 30.3 Å². The van der Waals surface area contributed by atoms with Gasteiger partial charge in [-0.15, -0.1) is 11.8 Å². The summed E-state index contributed by atoms with van der Waals surface area (Å²) in [6.45, 7) is 0. The third-order valence-electron chi connectivity index (χ3n) is 4.33. The van der Waals surface area contributed by atoms with Crippen LogP contribution >= 0.6 is 11.8 Å². The molecule has 2 aromatic carbocycles. The SMILES string of the molecule is CSc1ccccc1NC(=O)c1cc(C2CC2)nc2ccccc12. The highest BCUT2D eigenvalue weighted by Crippen LogP contribution is 2.40. The molecule has 1 fully saturated rings. The molecule has 0 aliphatic heterocycles. The third-order valence-corrected chi connectivity index (χ3v) is 5.13. The van der Waals surface area contributed by atoms with Crippen molar-refractivity contribution < 1.29 is 4.79 Å². The van der Waals surface area contributed by atoms with Gasteiger partial charge in [0, 0.05) is 21.9 Å². The van der Waals surface area contributed by atoms with E-state index in [1.54, 1.807) is 11.8 Å². The molecule has 1 aliphatic carbocycles.